The van der Waals surface area contributed by atoms with Crippen molar-refractivity contribution >= 4 is 11.6 Å². The van der Waals surface area contributed by atoms with Crippen LogP contribution in [0, 0.1) is 6.92 Å². The lowest BCUT2D eigenvalue weighted by molar-refractivity contribution is 0.0125. The van der Waals surface area contributed by atoms with Crippen LogP contribution in [0.5, 0.6) is 0 Å². The molecule has 0 bridgehead atoms. The molecule has 96 valence electrons. The third-order valence-electron chi connectivity index (χ3n) is 3.17. The predicted molar refractivity (Wildman–Crippen MR) is 73.4 cm³/mol. The highest BCUT2D eigenvalue weighted by molar-refractivity contribution is 6.31. The van der Waals surface area contributed by atoms with Crippen molar-refractivity contribution in [3.63, 3.8) is 0 Å². The lowest BCUT2D eigenvalue weighted by atomic mass is 9.95. The van der Waals surface area contributed by atoms with Gasteiger partial charge in [0.15, 0.2) is 0 Å². The Bertz CT molecular complexity index is 376. The number of hydrogen-bond acceptors (Lipinski definition) is 2. The Balaban J connectivity index is 2.67. The Kier molecular flexibility index (Phi) is 4.99. The number of halogens is 1. The summed E-state index contributed by atoms with van der Waals surface area (Å²) in [6, 6.07) is 5.99. The highest BCUT2D eigenvalue weighted by Crippen LogP contribution is 2.28. The molecule has 1 rings (SSSR count). The standard InChI is InChI=1S/C14H22ClNO/c1-10-5-6-11(12(15)9-10)13(16)7-8-14(2,3)17-4/h5-6,9,13H,7-8,16H2,1-4H3. The fourth-order valence-corrected chi connectivity index (χ4v) is 2.07. The Labute approximate surface area is 109 Å². The van der Waals surface area contributed by atoms with Crippen LogP contribution in [0.3, 0.4) is 0 Å². The van der Waals surface area contributed by atoms with Gasteiger partial charge in [-0.25, -0.2) is 0 Å². The van der Waals surface area contributed by atoms with Crippen molar-refractivity contribution in [2.75, 3.05) is 7.11 Å². The Morgan fingerprint density at radius 1 is 1.41 bits per heavy atom. The van der Waals surface area contributed by atoms with E-state index in [-0.39, 0.29) is 11.6 Å². The van der Waals surface area contributed by atoms with E-state index in [1.807, 2.05) is 25.1 Å². The van der Waals surface area contributed by atoms with E-state index in [0.717, 1.165) is 29.0 Å². The molecule has 0 saturated heterocycles. The minimum Gasteiger partial charge on any atom is -0.379 e. The summed E-state index contributed by atoms with van der Waals surface area (Å²) in [5.41, 5.74) is 8.21. The quantitative estimate of drug-likeness (QED) is 0.867. The maximum Gasteiger partial charge on any atom is 0.0623 e. The smallest absolute Gasteiger partial charge is 0.0623 e. The Hall–Kier alpha value is -0.570. The first-order valence-electron chi connectivity index (χ1n) is 5.92. The van der Waals surface area contributed by atoms with E-state index in [2.05, 4.69) is 13.8 Å². The summed E-state index contributed by atoms with van der Waals surface area (Å²) in [6.07, 6.45) is 1.78. The van der Waals surface area contributed by atoms with Gasteiger partial charge in [-0.1, -0.05) is 23.7 Å². The van der Waals surface area contributed by atoms with Crippen LogP contribution in [0.25, 0.3) is 0 Å². The molecule has 0 aliphatic heterocycles. The number of methoxy groups -OCH3 is 1. The molecule has 0 saturated carbocycles. The van der Waals surface area contributed by atoms with Gasteiger partial charge in [0.05, 0.1) is 5.60 Å². The molecule has 1 atom stereocenters. The minimum absolute atomic E-state index is 0.0301. The van der Waals surface area contributed by atoms with Gasteiger partial charge < -0.3 is 10.5 Å². The molecule has 0 spiro atoms. The molecule has 0 fully saturated rings. The zero-order valence-electron chi connectivity index (χ0n) is 11.1. The second-order valence-corrected chi connectivity index (χ2v) is 5.54. The van der Waals surface area contributed by atoms with Gasteiger partial charge in [0.1, 0.15) is 0 Å². The average Bonchev–Trinajstić information content (AvgIpc) is 2.26. The molecule has 0 amide bonds. The fraction of sp³-hybridized carbons (Fsp3) is 0.571. The summed E-state index contributed by atoms with van der Waals surface area (Å²) in [6.45, 7) is 6.15. The van der Waals surface area contributed by atoms with Crippen molar-refractivity contribution < 1.29 is 4.74 Å². The summed E-state index contributed by atoms with van der Waals surface area (Å²) in [4.78, 5) is 0. The van der Waals surface area contributed by atoms with Crippen LogP contribution in [0.15, 0.2) is 18.2 Å². The first-order valence-corrected chi connectivity index (χ1v) is 6.30. The van der Waals surface area contributed by atoms with Crippen molar-refractivity contribution in [3.05, 3.63) is 34.3 Å². The molecule has 0 aromatic heterocycles. The van der Waals surface area contributed by atoms with Gasteiger partial charge in [-0.2, -0.15) is 0 Å². The van der Waals surface area contributed by atoms with E-state index < -0.39 is 0 Å². The first-order chi connectivity index (χ1) is 7.85. The Morgan fingerprint density at radius 2 is 2.06 bits per heavy atom. The number of benzene rings is 1. The van der Waals surface area contributed by atoms with E-state index in [1.54, 1.807) is 7.11 Å². The molecular weight excluding hydrogens is 234 g/mol. The molecule has 0 radical (unpaired) electrons. The summed E-state index contributed by atoms with van der Waals surface area (Å²) >= 11 is 6.20. The molecule has 1 aromatic rings. The zero-order valence-corrected chi connectivity index (χ0v) is 11.8. The van der Waals surface area contributed by atoms with E-state index in [9.17, 15) is 0 Å². The van der Waals surface area contributed by atoms with E-state index in [0.29, 0.717) is 0 Å². The topological polar surface area (TPSA) is 35.2 Å². The van der Waals surface area contributed by atoms with Gasteiger partial charge >= 0.3 is 0 Å². The molecule has 0 aliphatic carbocycles. The lowest BCUT2D eigenvalue weighted by Gasteiger charge is -2.25. The summed E-state index contributed by atoms with van der Waals surface area (Å²) in [5, 5.41) is 0.757. The van der Waals surface area contributed by atoms with Crippen LogP contribution in [0.4, 0.5) is 0 Å². The van der Waals surface area contributed by atoms with Crippen molar-refractivity contribution in [1.29, 1.82) is 0 Å². The van der Waals surface area contributed by atoms with Crippen LogP contribution < -0.4 is 5.73 Å². The number of nitrogens with two attached hydrogens (primary N) is 1. The highest BCUT2D eigenvalue weighted by Gasteiger charge is 2.19. The van der Waals surface area contributed by atoms with Crippen LogP contribution in [-0.2, 0) is 4.74 Å². The van der Waals surface area contributed by atoms with Gasteiger partial charge in [-0.05, 0) is 50.8 Å². The van der Waals surface area contributed by atoms with E-state index >= 15 is 0 Å². The number of ether oxygens (including phenoxy) is 1. The summed E-state index contributed by atoms with van der Waals surface area (Å²) < 4.78 is 5.38. The molecule has 3 heteroatoms. The molecule has 17 heavy (non-hydrogen) atoms. The first kappa shape index (κ1) is 14.5. The van der Waals surface area contributed by atoms with Crippen molar-refractivity contribution in [2.45, 2.75) is 45.3 Å². The SMILES string of the molecule is COC(C)(C)CCC(N)c1ccc(C)cc1Cl. The third kappa shape index (κ3) is 4.30. The molecule has 0 heterocycles. The van der Waals surface area contributed by atoms with Crippen LogP contribution in [-0.4, -0.2) is 12.7 Å². The van der Waals surface area contributed by atoms with E-state index in [1.165, 1.54) is 0 Å². The molecule has 1 unspecified atom stereocenters. The normalized spacial score (nSPS) is 13.8. The molecule has 2 nitrogen and oxygen atoms in total. The van der Waals surface area contributed by atoms with Crippen molar-refractivity contribution in [1.82, 2.24) is 0 Å². The van der Waals surface area contributed by atoms with Crippen LogP contribution in [0.1, 0.15) is 43.9 Å². The molecule has 0 aliphatic rings. The third-order valence-corrected chi connectivity index (χ3v) is 3.49. The number of hydrogen-bond donors (Lipinski definition) is 1. The van der Waals surface area contributed by atoms with Crippen LogP contribution in [0.2, 0.25) is 5.02 Å². The maximum atomic E-state index is 6.20. The van der Waals surface area contributed by atoms with Crippen molar-refractivity contribution in [2.24, 2.45) is 5.73 Å². The number of rotatable bonds is 5. The second-order valence-electron chi connectivity index (χ2n) is 5.13. The maximum absolute atomic E-state index is 6.20. The Morgan fingerprint density at radius 3 is 2.59 bits per heavy atom. The van der Waals surface area contributed by atoms with Crippen molar-refractivity contribution in [3.8, 4) is 0 Å². The summed E-state index contributed by atoms with van der Waals surface area (Å²) in [5.74, 6) is 0. The molecular formula is C14H22ClNO. The van der Waals surface area contributed by atoms with Gasteiger partial charge in [0.2, 0.25) is 0 Å². The monoisotopic (exact) mass is 255 g/mol. The van der Waals surface area contributed by atoms with E-state index in [4.69, 9.17) is 22.1 Å². The zero-order chi connectivity index (χ0) is 13.1. The largest absolute Gasteiger partial charge is 0.379 e. The fourth-order valence-electron chi connectivity index (χ4n) is 1.69. The minimum atomic E-state index is -0.130. The van der Waals surface area contributed by atoms with Gasteiger partial charge in [0.25, 0.3) is 0 Å². The summed E-state index contributed by atoms with van der Waals surface area (Å²) in [7, 11) is 1.73. The van der Waals surface area contributed by atoms with Gasteiger partial charge in [0, 0.05) is 18.2 Å². The number of aryl methyl sites for hydroxylation is 1. The second kappa shape index (κ2) is 5.85. The lowest BCUT2D eigenvalue weighted by Crippen LogP contribution is -2.24. The highest BCUT2D eigenvalue weighted by atomic mass is 35.5. The van der Waals surface area contributed by atoms with Crippen LogP contribution >= 0.6 is 11.6 Å². The molecule has 2 N–H and O–H groups in total. The van der Waals surface area contributed by atoms with Gasteiger partial charge in [-0.3, -0.25) is 0 Å². The molecule has 1 aromatic carbocycles. The van der Waals surface area contributed by atoms with Gasteiger partial charge in [-0.15, -0.1) is 0 Å². The average molecular weight is 256 g/mol. The predicted octanol–water partition coefficient (Wildman–Crippen LogP) is 3.85.